The van der Waals surface area contributed by atoms with E-state index < -0.39 is 0 Å². The van der Waals surface area contributed by atoms with E-state index in [-0.39, 0.29) is 0 Å². The topological polar surface area (TPSA) is 21.3 Å². The van der Waals surface area contributed by atoms with Crippen LogP contribution in [0.15, 0.2) is 192 Å². The Bertz CT molecular complexity index is 3500. The van der Waals surface area contributed by atoms with Crippen molar-refractivity contribution in [3.63, 3.8) is 0 Å². The summed E-state index contributed by atoms with van der Waals surface area (Å²) in [4.78, 5) is 2.50. The number of hydrogen-bond acceptors (Lipinski definition) is 3. The number of aromatic nitrogens is 1. The van der Waals surface area contributed by atoms with Crippen molar-refractivity contribution in [1.29, 1.82) is 0 Å². The second-order valence-corrected chi connectivity index (χ2v) is 16.2. The number of hydrogen-bond donors (Lipinski definition) is 0. The van der Waals surface area contributed by atoms with Crippen molar-refractivity contribution in [3.05, 3.63) is 198 Å². The van der Waals surface area contributed by atoms with Crippen molar-refractivity contribution in [2.75, 3.05) is 4.90 Å². The van der Waals surface area contributed by atoms with E-state index in [2.05, 4.69) is 198 Å². The first-order chi connectivity index (χ1) is 28.8. The highest BCUT2D eigenvalue weighted by molar-refractivity contribution is 7.17. The van der Waals surface area contributed by atoms with E-state index in [1.54, 1.807) is 0 Å². The van der Waals surface area contributed by atoms with Crippen LogP contribution in [0, 0.1) is 0 Å². The predicted octanol–water partition coefficient (Wildman–Crippen LogP) is 13.8. The van der Waals surface area contributed by atoms with Crippen molar-refractivity contribution in [2.24, 2.45) is 0 Å². The van der Waals surface area contributed by atoms with Crippen LogP contribution in [0.4, 0.5) is 11.4 Å². The van der Waals surface area contributed by atoms with E-state index in [1.165, 1.54) is 75.3 Å². The first kappa shape index (κ1) is 33.0. The Kier molecular flexibility index (Phi) is 7.54. The number of para-hydroxylation sites is 3. The fraction of sp³-hybridized carbons (Fsp3) is 0.0370. The number of anilines is 2. The lowest BCUT2D eigenvalue weighted by atomic mass is 9.98. The van der Waals surface area contributed by atoms with E-state index in [4.69, 9.17) is 4.42 Å². The molecule has 0 atom stereocenters. The molecule has 274 valence electrons. The third kappa shape index (κ3) is 5.19. The second-order valence-electron chi connectivity index (χ2n) is 15.2. The fourth-order valence-corrected chi connectivity index (χ4v) is 10.5. The van der Waals surface area contributed by atoms with E-state index in [1.807, 2.05) is 17.4 Å². The molecule has 0 amide bonds. The van der Waals surface area contributed by atoms with Gasteiger partial charge in [0.15, 0.2) is 0 Å². The van der Waals surface area contributed by atoms with Gasteiger partial charge in [0.1, 0.15) is 11.2 Å². The van der Waals surface area contributed by atoms with Crippen molar-refractivity contribution in [1.82, 2.24) is 4.57 Å². The quantitative estimate of drug-likeness (QED) is 0.168. The van der Waals surface area contributed by atoms with Crippen LogP contribution in [0.2, 0.25) is 0 Å². The zero-order valence-corrected chi connectivity index (χ0v) is 32.4. The SMILES string of the molecule is C1=c2c(sc3ccccc23)=C(N(c2ccc(-c3ccc4c5ccccc5n(-c5ccccc5)c4c3)cc2)c2ccc(-c3cccc4oc5ccccc5c34)cc2)CC1. The summed E-state index contributed by atoms with van der Waals surface area (Å²) in [7, 11) is 0. The molecule has 0 spiro atoms. The minimum Gasteiger partial charge on any atom is -0.456 e. The maximum absolute atomic E-state index is 6.26. The lowest BCUT2D eigenvalue weighted by molar-refractivity contribution is 0.669. The summed E-state index contributed by atoms with van der Waals surface area (Å²) in [5.41, 5.74) is 13.8. The van der Waals surface area contributed by atoms with Crippen LogP contribution in [0.25, 0.3) is 93.5 Å². The Morgan fingerprint density at radius 3 is 1.98 bits per heavy atom. The Morgan fingerprint density at radius 1 is 0.500 bits per heavy atom. The largest absolute Gasteiger partial charge is 0.456 e. The number of fused-ring (bicyclic) bond motifs is 9. The monoisotopic (exact) mass is 760 g/mol. The number of rotatable bonds is 6. The highest BCUT2D eigenvalue weighted by atomic mass is 32.1. The normalized spacial score (nSPS) is 12.8. The summed E-state index contributed by atoms with van der Waals surface area (Å²) in [5, 5.41) is 7.53. The molecule has 58 heavy (non-hydrogen) atoms. The van der Waals surface area contributed by atoms with Crippen molar-refractivity contribution >= 4 is 88.3 Å². The molecule has 0 N–H and O–H groups in total. The van der Waals surface area contributed by atoms with Gasteiger partial charge >= 0.3 is 0 Å². The van der Waals surface area contributed by atoms with Gasteiger partial charge in [0.25, 0.3) is 0 Å². The molecule has 0 saturated heterocycles. The minimum atomic E-state index is 0.913. The molecule has 0 saturated carbocycles. The van der Waals surface area contributed by atoms with Crippen LogP contribution in [0.3, 0.4) is 0 Å². The molecule has 3 heterocycles. The van der Waals surface area contributed by atoms with Gasteiger partial charge < -0.3 is 13.9 Å². The standard InChI is InChI=1S/C54H36N2OS/c1-2-12-38(13-3-1)56-47-19-7-4-14-42(47)43-33-28-37(34-49(43)56)35-24-29-39(30-25-35)55(48-20-10-18-45-44-15-6-9-23-52(44)58-54(45)48)40-31-26-36(27-32-40)41-17-11-22-51-53(41)46-16-5-8-21-50(46)57-51/h1-9,11-19,21-34H,10,20H2. The van der Waals surface area contributed by atoms with Crippen LogP contribution >= 0.6 is 11.3 Å². The van der Waals surface area contributed by atoms with E-state index in [0.717, 1.165) is 46.2 Å². The zero-order valence-electron chi connectivity index (χ0n) is 31.6. The third-order valence-electron chi connectivity index (χ3n) is 11.9. The average molecular weight is 761 g/mol. The number of nitrogens with zero attached hydrogens (tertiary/aromatic N) is 2. The lowest BCUT2D eigenvalue weighted by Gasteiger charge is -2.29. The number of thiophene rings is 1. The Morgan fingerprint density at radius 2 is 1.16 bits per heavy atom. The summed E-state index contributed by atoms with van der Waals surface area (Å²) in [6, 6.07) is 68.2. The molecule has 4 heteroatoms. The first-order valence-corrected chi connectivity index (χ1v) is 20.8. The van der Waals surface area contributed by atoms with Crippen molar-refractivity contribution in [3.8, 4) is 27.9 Å². The Balaban J connectivity index is 0.995. The van der Waals surface area contributed by atoms with Crippen LogP contribution in [-0.2, 0) is 0 Å². The molecule has 0 aliphatic heterocycles. The summed E-state index contributed by atoms with van der Waals surface area (Å²) in [5.74, 6) is 0. The summed E-state index contributed by atoms with van der Waals surface area (Å²) in [6.07, 6.45) is 4.40. The zero-order chi connectivity index (χ0) is 38.2. The van der Waals surface area contributed by atoms with Gasteiger partial charge in [0.2, 0.25) is 0 Å². The molecular weight excluding hydrogens is 725 g/mol. The minimum absolute atomic E-state index is 0.913. The second kappa shape index (κ2) is 13.2. The van der Waals surface area contributed by atoms with Gasteiger partial charge in [0, 0.05) is 54.4 Å². The Labute approximate surface area is 339 Å². The Hall–Kier alpha value is -7.14. The van der Waals surface area contributed by atoms with E-state index >= 15 is 0 Å². The molecule has 0 bridgehead atoms. The molecule has 0 unspecified atom stereocenters. The molecule has 3 aromatic heterocycles. The van der Waals surface area contributed by atoms with Crippen LogP contribution in [-0.4, -0.2) is 4.57 Å². The highest BCUT2D eigenvalue weighted by Gasteiger charge is 2.21. The summed E-state index contributed by atoms with van der Waals surface area (Å²) >= 11 is 1.91. The number of benzene rings is 8. The molecule has 0 radical (unpaired) electrons. The van der Waals surface area contributed by atoms with Gasteiger partial charge in [0.05, 0.1) is 15.6 Å². The van der Waals surface area contributed by atoms with Gasteiger partial charge in [-0.05, 0) is 107 Å². The molecule has 0 fully saturated rings. The van der Waals surface area contributed by atoms with Gasteiger partial charge in [-0.25, -0.2) is 0 Å². The molecule has 1 aliphatic carbocycles. The lowest BCUT2D eigenvalue weighted by Crippen LogP contribution is -2.31. The molecule has 8 aromatic carbocycles. The molecular formula is C54H36N2OS. The average Bonchev–Trinajstić information content (AvgIpc) is 3.97. The maximum Gasteiger partial charge on any atom is 0.136 e. The smallest absolute Gasteiger partial charge is 0.136 e. The summed E-state index contributed by atoms with van der Waals surface area (Å²) in [6.45, 7) is 0. The van der Waals surface area contributed by atoms with Crippen LogP contribution in [0.1, 0.15) is 12.8 Å². The summed E-state index contributed by atoms with van der Waals surface area (Å²) < 4.78 is 11.3. The van der Waals surface area contributed by atoms with Gasteiger partial charge in [-0.1, -0.05) is 127 Å². The highest BCUT2D eigenvalue weighted by Crippen LogP contribution is 2.40. The first-order valence-electron chi connectivity index (χ1n) is 20.0. The van der Waals surface area contributed by atoms with Crippen LogP contribution in [0.5, 0.6) is 0 Å². The van der Waals surface area contributed by atoms with Gasteiger partial charge in [-0.3, -0.25) is 0 Å². The van der Waals surface area contributed by atoms with E-state index in [0.29, 0.717) is 0 Å². The van der Waals surface area contributed by atoms with Crippen LogP contribution < -0.4 is 14.7 Å². The molecule has 3 nitrogen and oxygen atoms in total. The molecule has 11 aromatic rings. The fourth-order valence-electron chi connectivity index (χ4n) is 9.24. The van der Waals surface area contributed by atoms with Crippen molar-refractivity contribution in [2.45, 2.75) is 12.8 Å². The number of furan rings is 1. The van der Waals surface area contributed by atoms with Gasteiger partial charge in [-0.2, -0.15) is 0 Å². The third-order valence-corrected chi connectivity index (χ3v) is 13.1. The predicted molar refractivity (Wildman–Crippen MR) is 246 cm³/mol. The molecule has 12 rings (SSSR count). The molecule has 1 aliphatic rings. The van der Waals surface area contributed by atoms with Gasteiger partial charge in [-0.15, -0.1) is 11.3 Å². The van der Waals surface area contributed by atoms with E-state index in [9.17, 15) is 0 Å². The van der Waals surface area contributed by atoms with Crippen molar-refractivity contribution < 1.29 is 4.42 Å². The maximum atomic E-state index is 6.26.